The molecule has 1 aromatic rings. The second-order valence-electron chi connectivity index (χ2n) is 3.31. The molecule has 0 saturated carbocycles. The predicted molar refractivity (Wildman–Crippen MR) is 67.5 cm³/mol. The standard InChI is InChI=1S/C10H7F3N4O2S/c1-20-9(15-5-14)16-8-3-2-6(17(18)19)4-7(8)10(11,12)13/h2-4H,1H3,(H,15,16). The number of halogens is 3. The van der Waals surface area contributed by atoms with Gasteiger partial charge in [-0.1, -0.05) is 11.8 Å². The van der Waals surface area contributed by atoms with Crippen molar-refractivity contribution in [1.82, 2.24) is 5.32 Å². The van der Waals surface area contributed by atoms with E-state index in [9.17, 15) is 23.3 Å². The Morgan fingerprint density at radius 3 is 2.65 bits per heavy atom. The highest BCUT2D eigenvalue weighted by Crippen LogP contribution is 2.38. The Bertz CT molecular complexity index is 595. The van der Waals surface area contributed by atoms with Crippen molar-refractivity contribution in [3.63, 3.8) is 0 Å². The van der Waals surface area contributed by atoms with Crippen molar-refractivity contribution in [2.24, 2.45) is 4.99 Å². The summed E-state index contributed by atoms with van der Waals surface area (Å²) in [5.41, 5.74) is -2.43. The Hall–Kier alpha value is -2.28. The van der Waals surface area contributed by atoms with Gasteiger partial charge in [-0.05, 0) is 12.3 Å². The van der Waals surface area contributed by atoms with Crippen LogP contribution in [0.25, 0.3) is 0 Å². The molecule has 1 rings (SSSR count). The number of alkyl halides is 3. The zero-order valence-corrected chi connectivity index (χ0v) is 10.7. The van der Waals surface area contributed by atoms with Gasteiger partial charge in [-0.25, -0.2) is 4.99 Å². The lowest BCUT2D eigenvalue weighted by Crippen LogP contribution is -2.13. The van der Waals surface area contributed by atoms with Crippen molar-refractivity contribution in [2.75, 3.05) is 6.26 Å². The third kappa shape index (κ3) is 3.86. The smallest absolute Gasteiger partial charge is 0.271 e. The molecule has 6 nitrogen and oxygen atoms in total. The number of non-ortho nitro benzene ring substituents is 1. The van der Waals surface area contributed by atoms with Gasteiger partial charge in [0.25, 0.3) is 5.69 Å². The third-order valence-electron chi connectivity index (χ3n) is 2.07. The minimum absolute atomic E-state index is 0.0492. The summed E-state index contributed by atoms with van der Waals surface area (Å²) in [4.78, 5) is 13.2. The van der Waals surface area contributed by atoms with Crippen LogP contribution in [0.4, 0.5) is 24.5 Å². The SMILES string of the molecule is CSC(=Nc1ccc([N+](=O)[O-])cc1C(F)(F)F)NC#N. The fraction of sp³-hybridized carbons (Fsp3) is 0.200. The van der Waals surface area contributed by atoms with Crippen LogP contribution >= 0.6 is 11.8 Å². The number of hydrogen-bond donors (Lipinski definition) is 1. The molecule has 0 radical (unpaired) electrons. The number of thioether (sulfide) groups is 1. The Balaban J connectivity index is 3.40. The van der Waals surface area contributed by atoms with Gasteiger partial charge in [0, 0.05) is 12.1 Å². The number of nitriles is 1. The molecule has 0 unspecified atom stereocenters. The number of nitro benzene ring substituents is 1. The zero-order valence-electron chi connectivity index (χ0n) is 9.93. The van der Waals surface area contributed by atoms with Crippen LogP contribution in [0.5, 0.6) is 0 Å². The van der Waals surface area contributed by atoms with Crippen molar-refractivity contribution >= 4 is 28.3 Å². The first-order valence-electron chi connectivity index (χ1n) is 4.93. The number of benzene rings is 1. The van der Waals surface area contributed by atoms with E-state index in [-0.39, 0.29) is 5.17 Å². The van der Waals surface area contributed by atoms with E-state index in [2.05, 4.69) is 10.3 Å². The van der Waals surface area contributed by atoms with Crippen LogP contribution in [-0.4, -0.2) is 16.3 Å². The Morgan fingerprint density at radius 1 is 1.55 bits per heavy atom. The van der Waals surface area contributed by atoms with Crippen molar-refractivity contribution in [1.29, 1.82) is 5.26 Å². The number of hydrogen-bond acceptors (Lipinski definition) is 5. The van der Waals surface area contributed by atoms with Gasteiger partial charge in [0.1, 0.15) is 0 Å². The van der Waals surface area contributed by atoms with Crippen molar-refractivity contribution < 1.29 is 18.1 Å². The summed E-state index contributed by atoms with van der Waals surface area (Å²) in [7, 11) is 0. The summed E-state index contributed by atoms with van der Waals surface area (Å²) in [6, 6.07) is 2.21. The predicted octanol–water partition coefficient (Wildman–Crippen LogP) is 3.03. The lowest BCUT2D eigenvalue weighted by Gasteiger charge is -2.10. The highest BCUT2D eigenvalue weighted by atomic mass is 32.2. The summed E-state index contributed by atoms with van der Waals surface area (Å²) < 4.78 is 38.5. The number of amidine groups is 1. The van der Waals surface area contributed by atoms with Crippen LogP contribution in [0.2, 0.25) is 0 Å². The van der Waals surface area contributed by atoms with Crippen molar-refractivity contribution in [3.8, 4) is 6.19 Å². The molecule has 0 heterocycles. The third-order valence-corrected chi connectivity index (χ3v) is 2.65. The van der Waals surface area contributed by atoms with Gasteiger partial charge in [0.05, 0.1) is 16.2 Å². The maximum atomic E-state index is 12.8. The molecular weight excluding hydrogens is 297 g/mol. The van der Waals surface area contributed by atoms with Gasteiger partial charge in [0.15, 0.2) is 11.4 Å². The minimum atomic E-state index is -4.79. The highest BCUT2D eigenvalue weighted by Gasteiger charge is 2.35. The van der Waals surface area contributed by atoms with Crippen molar-refractivity contribution in [3.05, 3.63) is 33.9 Å². The maximum absolute atomic E-state index is 12.8. The second kappa shape index (κ2) is 6.25. The maximum Gasteiger partial charge on any atom is 0.418 e. The molecule has 106 valence electrons. The Labute approximate surface area is 115 Å². The zero-order chi connectivity index (χ0) is 15.3. The normalized spacial score (nSPS) is 11.8. The molecular formula is C10H7F3N4O2S. The molecule has 0 aromatic heterocycles. The largest absolute Gasteiger partial charge is 0.418 e. The number of rotatable bonds is 2. The summed E-state index contributed by atoms with van der Waals surface area (Å²) in [5.74, 6) is 0. The van der Waals surface area contributed by atoms with Gasteiger partial charge in [-0.3, -0.25) is 15.4 Å². The lowest BCUT2D eigenvalue weighted by molar-refractivity contribution is -0.385. The topological polar surface area (TPSA) is 91.3 Å². The first-order valence-corrected chi connectivity index (χ1v) is 6.15. The minimum Gasteiger partial charge on any atom is -0.271 e. The summed E-state index contributed by atoms with van der Waals surface area (Å²) in [6.45, 7) is 0. The van der Waals surface area contributed by atoms with E-state index in [1.807, 2.05) is 0 Å². The Kier molecular flexibility index (Phi) is 4.93. The van der Waals surface area contributed by atoms with Crippen LogP contribution in [0, 0.1) is 21.6 Å². The molecule has 0 fully saturated rings. The molecule has 0 amide bonds. The molecule has 0 atom stereocenters. The van der Waals surface area contributed by atoms with Gasteiger partial charge in [0.2, 0.25) is 0 Å². The monoisotopic (exact) mass is 304 g/mol. The summed E-state index contributed by atoms with van der Waals surface area (Å²) >= 11 is 0.934. The van der Waals surface area contributed by atoms with Crippen LogP contribution < -0.4 is 5.32 Å². The average Bonchev–Trinajstić information content (AvgIpc) is 2.37. The van der Waals surface area contributed by atoms with E-state index in [1.165, 1.54) is 12.4 Å². The van der Waals surface area contributed by atoms with E-state index in [1.54, 1.807) is 0 Å². The fourth-order valence-electron chi connectivity index (χ4n) is 1.24. The molecule has 10 heteroatoms. The van der Waals surface area contributed by atoms with Gasteiger partial charge in [-0.15, -0.1) is 0 Å². The average molecular weight is 304 g/mol. The summed E-state index contributed by atoms with van der Waals surface area (Å²) in [5, 5.41) is 21.0. The van der Waals surface area contributed by atoms with E-state index < -0.39 is 28.0 Å². The first-order chi connectivity index (χ1) is 9.29. The van der Waals surface area contributed by atoms with E-state index in [4.69, 9.17) is 5.26 Å². The molecule has 0 aliphatic heterocycles. The number of nitrogens with zero attached hydrogens (tertiary/aromatic N) is 3. The molecule has 0 aliphatic carbocycles. The van der Waals surface area contributed by atoms with Crippen LogP contribution in [0.1, 0.15) is 5.56 Å². The molecule has 1 N–H and O–H groups in total. The molecule has 0 bridgehead atoms. The van der Waals surface area contributed by atoms with E-state index >= 15 is 0 Å². The summed E-state index contributed by atoms with van der Waals surface area (Å²) in [6.07, 6.45) is -1.74. The van der Waals surface area contributed by atoms with Gasteiger partial charge >= 0.3 is 6.18 Å². The van der Waals surface area contributed by atoms with Gasteiger partial charge in [-0.2, -0.15) is 18.4 Å². The second-order valence-corrected chi connectivity index (χ2v) is 4.11. The van der Waals surface area contributed by atoms with Crippen molar-refractivity contribution in [2.45, 2.75) is 6.18 Å². The Morgan fingerprint density at radius 2 is 2.20 bits per heavy atom. The number of aliphatic imine (C=N–C) groups is 1. The van der Waals surface area contributed by atoms with E-state index in [0.717, 1.165) is 23.9 Å². The quantitative estimate of drug-likeness (QED) is 0.226. The first kappa shape index (κ1) is 15.8. The molecule has 0 aliphatic rings. The molecule has 0 saturated heterocycles. The van der Waals surface area contributed by atoms with Crippen LogP contribution in [0.15, 0.2) is 23.2 Å². The molecule has 0 spiro atoms. The lowest BCUT2D eigenvalue weighted by atomic mass is 10.1. The van der Waals surface area contributed by atoms with Gasteiger partial charge < -0.3 is 0 Å². The van der Waals surface area contributed by atoms with E-state index in [0.29, 0.717) is 6.07 Å². The molecule has 20 heavy (non-hydrogen) atoms. The highest BCUT2D eigenvalue weighted by molar-refractivity contribution is 8.13. The molecule has 1 aromatic carbocycles. The number of nitro groups is 1. The van der Waals surface area contributed by atoms with Crippen LogP contribution in [0.3, 0.4) is 0 Å². The van der Waals surface area contributed by atoms with Crippen LogP contribution in [-0.2, 0) is 6.18 Å². The fourth-order valence-corrected chi connectivity index (χ4v) is 1.58. The number of nitrogens with one attached hydrogen (secondary N) is 1.